The van der Waals surface area contributed by atoms with E-state index in [9.17, 15) is 4.79 Å². The van der Waals surface area contributed by atoms with Crippen LogP contribution in [0.4, 0.5) is 11.1 Å². The van der Waals surface area contributed by atoms with Crippen molar-refractivity contribution in [2.75, 3.05) is 11.1 Å². The summed E-state index contributed by atoms with van der Waals surface area (Å²) in [6, 6.07) is 12.0. The molecule has 0 saturated carbocycles. The van der Waals surface area contributed by atoms with E-state index in [0.29, 0.717) is 5.13 Å². The van der Waals surface area contributed by atoms with Crippen LogP contribution in [0.25, 0.3) is 32.2 Å². The number of thiazole rings is 1. The third kappa shape index (κ3) is 2.65. The van der Waals surface area contributed by atoms with Crippen molar-refractivity contribution >= 4 is 49.4 Å². The normalized spacial score (nSPS) is 11.0. The Morgan fingerprint density at radius 1 is 1.08 bits per heavy atom. The van der Waals surface area contributed by atoms with Gasteiger partial charge < -0.3 is 11.1 Å². The van der Waals surface area contributed by atoms with Crippen molar-refractivity contribution < 1.29 is 4.79 Å². The van der Waals surface area contributed by atoms with Gasteiger partial charge in [-0.1, -0.05) is 23.5 Å². The highest BCUT2D eigenvalue weighted by atomic mass is 32.1. The minimum atomic E-state index is -0.122. The van der Waals surface area contributed by atoms with Gasteiger partial charge in [-0.2, -0.15) is 0 Å². The van der Waals surface area contributed by atoms with Gasteiger partial charge in [-0.25, -0.2) is 15.0 Å². The van der Waals surface area contributed by atoms with Crippen LogP contribution in [0.3, 0.4) is 0 Å². The number of nitrogens with zero attached hydrogens (tertiary/aromatic N) is 3. The number of nitrogens with two attached hydrogens (primary N) is 1. The summed E-state index contributed by atoms with van der Waals surface area (Å²) in [6.45, 7) is 1.47. The molecule has 2 aromatic heterocycles. The molecule has 6 nitrogen and oxygen atoms in total. The highest BCUT2D eigenvalue weighted by Gasteiger charge is 2.08. The fourth-order valence-corrected chi connectivity index (χ4v) is 3.49. The van der Waals surface area contributed by atoms with Crippen molar-refractivity contribution in [3.63, 3.8) is 0 Å². The highest BCUT2D eigenvalue weighted by Crippen LogP contribution is 2.31. The van der Waals surface area contributed by atoms with Gasteiger partial charge in [0.15, 0.2) is 5.13 Å². The summed E-state index contributed by atoms with van der Waals surface area (Å²) in [5.41, 5.74) is 9.43. The van der Waals surface area contributed by atoms with Crippen molar-refractivity contribution in [2.45, 2.75) is 6.92 Å². The summed E-state index contributed by atoms with van der Waals surface area (Å²) >= 11 is 1.46. The number of nitrogen functional groups attached to an aromatic ring is 1. The largest absolute Gasteiger partial charge is 0.368 e. The molecule has 1 amide bonds. The number of aromatic nitrogens is 3. The lowest BCUT2D eigenvalue weighted by Crippen LogP contribution is -2.04. The van der Waals surface area contributed by atoms with Crippen LogP contribution >= 0.6 is 11.3 Å². The van der Waals surface area contributed by atoms with Crippen LogP contribution in [0.15, 0.2) is 42.6 Å². The molecule has 3 N–H and O–H groups in total. The molecule has 0 atom stereocenters. The Balaban J connectivity index is 1.77. The molecule has 0 aliphatic rings. The number of nitrogens with one attached hydrogen (secondary N) is 1. The first-order valence-electron chi connectivity index (χ1n) is 7.29. The Kier molecular flexibility index (Phi) is 3.35. The molecule has 4 aromatic rings. The van der Waals surface area contributed by atoms with Crippen LogP contribution in [-0.2, 0) is 4.79 Å². The number of hydrogen-bond acceptors (Lipinski definition) is 6. The summed E-state index contributed by atoms with van der Waals surface area (Å²) in [5.74, 6) is 0.148. The van der Waals surface area contributed by atoms with E-state index in [1.807, 2.05) is 30.3 Å². The quantitative estimate of drug-likeness (QED) is 0.585. The molecule has 0 saturated heterocycles. The molecular formula is C17H13N5OS. The number of rotatable bonds is 2. The van der Waals surface area contributed by atoms with Crippen molar-refractivity contribution in [3.8, 4) is 11.1 Å². The smallest absolute Gasteiger partial charge is 0.223 e. The molecule has 0 aliphatic heterocycles. The first-order valence-corrected chi connectivity index (χ1v) is 8.11. The maximum absolute atomic E-state index is 11.2. The topological polar surface area (TPSA) is 93.8 Å². The van der Waals surface area contributed by atoms with Crippen molar-refractivity contribution in [1.29, 1.82) is 0 Å². The number of hydrogen-bond donors (Lipinski definition) is 2. The van der Waals surface area contributed by atoms with Crippen molar-refractivity contribution in [3.05, 3.63) is 42.6 Å². The first kappa shape index (κ1) is 14.5. The van der Waals surface area contributed by atoms with Gasteiger partial charge in [-0.3, -0.25) is 4.79 Å². The lowest BCUT2D eigenvalue weighted by atomic mass is 10.0. The molecular weight excluding hydrogens is 322 g/mol. The van der Waals surface area contributed by atoms with Crippen LogP contribution < -0.4 is 11.1 Å². The number of carbonyl (C=O) groups is 1. The van der Waals surface area contributed by atoms with Gasteiger partial charge in [-0.15, -0.1) is 0 Å². The van der Waals surface area contributed by atoms with E-state index in [2.05, 4.69) is 26.3 Å². The Morgan fingerprint density at radius 3 is 2.62 bits per heavy atom. The van der Waals surface area contributed by atoms with Gasteiger partial charge in [0, 0.05) is 18.5 Å². The van der Waals surface area contributed by atoms with Gasteiger partial charge in [0.25, 0.3) is 0 Å². The SMILES string of the molecule is CC(=O)Nc1nc2ccc(-c3ccc4nc(N)ncc4c3)cc2s1. The van der Waals surface area contributed by atoms with Gasteiger partial charge in [-0.05, 0) is 35.4 Å². The molecule has 7 heteroatoms. The zero-order valence-electron chi connectivity index (χ0n) is 12.8. The molecule has 0 fully saturated rings. The molecule has 0 unspecified atom stereocenters. The molecule has 4 rings (SSSR count). The van der Waals surface area contributed by atoms with Gasteiger partial charge in [0.2, 0.25) is 11.9 Å². The molecule has 2 heterocycles. The van der Waals surface area contributed by atoms with Crippen molar-refractivity contribution in [2.24, 2.45) is 0 Å². The van der Waals surface area contributed by atoms with Crippen LogP contribution in [0.5, 0.6) is 0 Å². The minimum Gasteiger partial charge on any atom is -0.368 e. The number of anilines is 2. The molecule has 0 aliphatic carbocycles. The standard InChI is InChI=1S/C17H13N5OS/c1-9(23)20-17-22-14-5-3-11(7-15(14)24-17)10-2-4-13-12(6-10)8-19-16(18)21-13/h2-8H,1H3,(H2,18,19,21)(H,20,22,23). The third-order valence-electron chi connectivity index (χ3n) is 3.60. The maximum Gasteiger partial charge on any atom is 0.223 e. The van der Waals surface area contributed by atoms with E-state index < -0.39 is 0 Å². The molecule has 118 valence electrons. The van der Waals surface area contributed by atoms with Gasteiger partial charge in [0.1, 0.15) is 0 Å². The van der Waals surface area contributed by atoms with E-state index in [0.717, 1.165) is 32.2 Å². The Hall–Kier alpha value is -3.06. The van der Waals surface area contributed by atoms with E-state index in [1.165, 1.54) is 18.3 Å². The summed E-state index contributed by atoms with van der Waals surface area (Å²) < 4.78 is 1.02. The van der Waals surface area contributed by atoms with Crippen LogP contribution in [-0.4, -0.2) is 20.9 Å². The number of carbonyl (C=O) groups excluding carboxylic acids is 1. The number of benzene rings is 2. The molecule has 2 aromatic carbocycles. The fourth-order valence-electron chi connectivity index (χ4n) is 2.54. The summed E-state index contributed by atoms with van der Waals surface area (Å²) in [6.07, 6.45) is 1.72. The van der Waals surface area contributed by atoms with E-state index in [1.54, 1.807) is 6.20 Å². The summed E-state index contributed by atoms with van der Waals surface area (Å²) in [4.78, 5) is 23.8. The molecule has 0 spiro atoms. The number of amides is 1. The van der Waals surface area contributed by atoms with Gasteiger partial charge >= 0.3 is 0 Å². The zero-order valence-corrected chi connectivity index (χ0v) is 13.6. The van der Waals surface area contributed by atoms with Gasteiger partial charge in [0.05, 0.1) is 15.7 Å². The second-order valence-corrected chi connectivity index (χ2v) is 6.42. The predicted molar refractivity (Wildman–Crippen MR) is 96.9 cm³/mol. The Labute approximate surface area is 141 Å². The minimum absolute atomic E-state index is 0.122. The molecule has 24 heavy (non-hydrogen) atoms. The Morgan fingerprint density at radius 2 is 1.83 bits per heavy atom. The average Bonchev–Trinajstić information content (AvgIpc) is 2.94. The Bertz CT molecular complexity index is 1090. The number of fused-ring (bicyclic) bond motifs is 2. The van der Waals surface area contributed by atoms with E-state index >= 15 is 0 Å². The van der Waals surface area contributed by atoms with Crippen molar-refractivity contribution in [1.82, 2.24) is 15.0 Å². The van der Waals surface area contributed by atoms with E-state index in [-0.39, 0.29) is 11.9 Å². The fraction of sp³-hybridized carbons (Fsp3) is 0.0588. The second-order valence-electron chi connectivity index (χ2n) is 5.38. The predicted octanol–water partition coefficient (Wildman–Crippen LogP) is 3.45. The lowest BCUT2D eigenvalue weighted by Gasteiger charge is -2.04. The second kappa shape index (κ2) is 5.54. The summed E-state index contributed by atoms with van der Waals surface area (Å²) in [7, 11) is 0. The van der Waals surface area contributed by atoms with Crippen LogP contribution in [0, 0.1) is 0 Å². The summed E-state index contributed by atoms with van der Waals surface area (Å²) in [5, 5.41) is 4.27. The third-order valence-corrected chi connectivity index (χ3v) is 4.54. The molecule has 0 bridgehead atoms. The zero-order chi connectivity index (χ0) is 16.7. The van der Waals surface area contributed by atoms with Crippen LogP contribution in [0.2, 0.25) is 0 Å². The maximum atomic E-state index is 11.2. The lowest BCUT2D eigenvalue weighted by molar-refractivity contribution is -0.114. The molecule has 0 radical (unpaired) electrons. The first-order chi connectivity index (χ1) is 11.6. The van der Waals surface area contributed by atoms with Crippen LogP contribution in [0.1, 0.15) is 6.92 Å². The monoisotopic (exact) mass is 335 g/mol. The highest BCUT2D eigenvalue weighted by molar-refractivity contribution is 7.22. The van der Waals surface area contributed by atoms with E-state index in [4.69, 9.17) is 5.73 Å². The average molecular weight is 335 g/mol.